The summed E-state index contributed by atoms with van der Waals surface area (Å²) in [5.74, 6) is -1.51. The molecule has 1 aliphatic heterocycles. The number of hydrogen-bond donors (Lipinski definition) is 0. The smallest absolute Gasteiger partial charge is 0.410 e. The van der Waals surface area contributed by atoms with E-state index in [1.807, 2.05) is 30.3 Å². The van der Waals surface area contributed by atoms with Crippen LogP contribution in [0.5, 0.6) is 0 Å². The fourth-order valence-corrected chi connectivity index (χ4v) is 2.74. The molecule has 0 aliphatic carbocycles. The third-order valence-electron chi connectivity index (χ3n) is 4.01. The minimum atomic E-state index is -0.598. The molecule has 0 aromatic heterocycles. The Balaban J connectivity index is 1.91. The van der Waals surface area contributed by atoms with Gasteiger partial charge in [0, 0.05) is 19.0 Å². The average Bonchev–Trinajstić information content (AvgIpc) is 2.58. The number of amides is 1. The third kappa shape index (κ3) is 5.59. The number of aldehydes is 1. The number of carbonyl (C=O) groups is 3. The number of piperidine rings is 1. The van der Waals surface area contributed by atoms with E-state index in [4.69, 9.17) is 9.47 Å². The van der Waals surface area contributed by atoms with Gasteiger partial charge in [-0.15, -0.1) is 0 Å². The van der Waals surface area contributed by atoms with Crippen LogP contribution in [0.15, 0.2) is 30.3 Å². The summed E-state index contributed by atoms with van der Waals surface area (Å²) in [6.07, 6.45) is 0.650. The minimum absolute atomic E-state index is 0.170. The number of esters is 1. The highest BCUT2D eigenvalue weighted by atomic mass is 16.6. The van der Waals surface area contributed by atoms with Crippen molar-refractivity contribution in [3.8, 4) is 0 Å². The molecule has 1 saturated heterocycles. The Morgan fingerprint density at radius 2 is 1.92 bits per heavy atom. The third-order valence-corrected chi connectivity index (χ3v) is 4.01. The first-order valence-electron chi connectivity index (χ1n) is 8.44. The molecule has 25 heavy (non-hydrogen) atoms. The molecule has 1 aromatic carbocycles. The van der Waals surface area contributed by atoms with E-state index in [2.05, 4.69) is 0 Å². The molecular formula is C19H25NO5. The number of likely N-dealkylation sites (tertiary alicyclic amines) is 1. The summed E-state index contributed by atoms with van der Waals surface area (Å²) in [6, 6.07) is 9.37. The molecule has 0 spiro atoms. The average molecular weight is 347 g/mol. The van der Waals surface area contributed by atoms with Gasteiger partial charge in [0.2, 0.25) is 0 Å². The molecule has 136 valence electrons. The number of carbonyl (C=O) groups excluding carboxylic acids is 3. The van der Waals surface area contributed by atoms with Gasteiger partial charge in [0.05, 0.1) is 5.92 Å². The zero-order chi connectivity index (χ0) is 18.4. The molecule has 2 atom stereocenters. The Hall–Kier alpha value is -2.37. The van der Waals surface area contributed by atoms with E-state index in [1.165, 1.54) is 4.90 Å². The lowest BCUT2D eigenvalue weighted by molar-refractivity contribution is -0.155. The Morgan fingerprint density at radius 3 is 2.52 bits per heavy atom. The number of ether oxygens (including phenoxy) is 2. The molecule has 0 saturated carbocycles. The van der Waals surface area contributed by atoms with E-state index >= 15 is 0 Å². The molecular weight excluding hydrogens is 322 g/mol. The predicted octanol–water partition coefficient (Wildman–Crippen LogP) is 2.80. The van der Waals surface area contributed by atoms with E-state index in [9.17, 15) is 14.4 Å². The van der Waals surface area contributed by atoms with Crippen LogP contribution in [0.1, 0.15) is 32.8 Å². The lowest BCUT2D eigenvalue weighted by atomic mass is 9.86. The summed E-state index contributed by atoms with van der Waals surface area (Å²) >= 11 is 0. The summed E-state index contributed by atoms with van der Waals surface area (Å²) in [5, 5.41) is 0. The van der Waals surface area contributed by atoms with Crippen LogP contribution in [0.25, 0.3) is 0 Å². The SMILES string of the molecule is CC(C)(C)OC(=O)N1CC[C@H](C(=O)OCc2ccccc2)[C@@H](C=O)C1. The van der Waals surface area contributed by atoms with E-state index in [-0.39, 0.29) is 13.2 Å². The molecule has 1 aromatic rings. The standard InChI is InChI=1S/C19H25NO5/c1-19(2,3)25-18(23)20-10-9-16(15(11-20)12-21)17(22)24-13-14-7-5-4-6-8-14/h4-8,12,15-16H,9-11,13H2,1-3H3/t15-,16+/m1/s1. The maximum Gasteiger partial charge on any atom is 0.410 e. The van der Waals surface area contributed by atoms with Crippen molar-refractivity contribution in [1.82, 2.24) is 4.90 Å². The van der Waals surface area contributed by atoms with Gasteiger partial charge in [-0.3, -0.25) is 4.79 Å². The molecule has 0 unspecified atom stereocenters. The lowest BCUT2D eigenvalue weighted by Gasteiger charge is -2.35. The van der Waals surface area contributed by atoms with Gasteiger partial charge >= 0.3 is 12.1 Å². The second-order valence-corrected chi connectivity index (χ2v) is 7.21. The Labute approximate surface area is 148 Å². The van der Waals surface area contributed by atoms with Gasteiger partial charge in [-0.25, -0.2) is 4.79 Å². The van der Waals surface area contributed by atoms with Gasteiger partial charge in [-0.05, 0) is 32.8 Å². The van der Waals surface area contributed by atoms with Gasteiger partial charge in [0.25, 0.3) is 0 Å². The van der Waals surface area contributed by atoms with Crippen LogP contribution in [0, 0.1) is 11.8 Å². The van der Waals surface area contributed by atoms with Crippen molar-refractivity contribution in [1.29, 1.82) is 0 Å². The van der Waals surface area contributed by atoms with Crippen LogP contribution in [0.2, 0.25) is 0 Å². The van der Waals surface area contributed by atoms with Crippen molar-refractivity contribution in [3.05, 3.63) is 35.9 Å². The van der Waals surface area contributed by atoms with Crippen LogP contribution in [-0.2, 0) is 25.7 Å². The van der Waals surface area contributed by atoms with Crippen molar-refractivity contribution in [2.24, 2.45) is 11.8 Å². The van der Waals surface area contributed by atoms with E-state index in [0.29, 0.717) is 13.0 Å². The zero-order valence-corrected chi connectivity index (χ0v) is 14.9. The number of hydrogen-bond acceptors (Lipinski definition) is 5. The fourth-order valence-electron chi connectivity index (χ4n) is 2.74. The molecule has 6 heteroatoms. The summed E-state index contributed by atoms with van der Waals surface area (Å²) in [4.78, 5) is 37.4. The normalized spacial score (nSPS) is 20.7. The summed E-state index contributed by atoms with van der Waals surface area (Å²) < 4.78 is 10.7. The largest absolute Gasteiger partial charge is 0.461 e. The maximum absolute atomic E-state index is 12.3. The van der Waals surface area contributed by atoms with Crippen LogP contribution < -0.4 is 0 Å². The van der Waals surface area contributed by atoms with Crippen molar-refractivity contribution in [2.75, 3.05) is 13.1 Å². The molecule has 0 radical (unpaired) electrons. The van der Waals surface area contributed by atoms with Gasteiger partial charge in [-0.1, -0.05) is 30.3 Å². The second-order valence-electron chi connectivity index (χ2n) is 7.21. The van der Waals surface area contributed by atoms with E-state index in [1.54, 1.807) is 20.8 Å². The molecule has 1 fully saturated rings. The Kier molecular flexibility index (Phi) is 6.17. The first kappa shape index (κ1) is 19.0. The van der Waals surface area contributed by atoms with Crippen molar-refractivity contribution in [2.45, 2.75) is 39.4 Å². The van der Waals surface area contributed by atoms with Gasteiger partial charge in [0.1, 0.15) is 18.5 Å². The number of benzene rings is 1. The molecule has 6 nitrogen and oxygen atoms in total. The maximum atomic E-state index is 12.3. The zero-order valence-electron chi connectivity index (χ0n) is 14.9. The van der Waals surface area contributed by atoms with Crippen molar-refractivity contribution < 1.29 is 23.9 Å². The molecule has 2 rings (SSSR count). The van der Waals surface area contributed by atoms with Crippen LogP contribution in [-0.4, -0.2) is 41.9 Å². The van der Waals surface area contributed by atoms with Crippen LogP contribution in [0.3, 0.4) is 0 Å². The van der Waals surface area contributed by atoms with Gasteiger partial charge in [-0.2, -0.15) is 0 Å². The van der Waals surface area contributed by atoms with Crippen LogP contribution in [0.4, 0.5) is 4.79 Å². The minimum Gasteiger partial charge on any atom is -0.461 e. The Bertz CT molecular complexity index is 608. The van der Waals surface area contributed by atoms with Crippen molar-refractivity contribution in [3.63, 3.8) is 0 Å². The highest BCUT2D eigenvalue weighted by molar-refractivity contribution is 5.78. The molecule has 1 heterocycles. The van der Waals surface area contributed by atoms with E-state index in [0.717, 1.165) is 11.8 Å². The molecule has 0 bridgehead atoms. The monoisotopic (exact) mass is 347 g/mol. The highest BCUT2D eigenvalue weighted by Crippen LogP contribution is 2.25. The number of nitrogens with zero attached hydrogens (tertiary/aromatic N) is 1. The predicted molar refractivity (Wildman–Crippen MR) is 91.7 cm³/mol. The topological polar surface area (TPSA) is 72.9 Å². The number of rotatable bonds is 4. The molecule has 1 aliphatic rings. The van der Waals surface area contributed by atoms with Gasteiger partial charge < -0.3 is 19.2 Å². The summed E-state index contributed by atoms with van der Waals surface area (Å²) in [7, 11) is 0. The fraction of sp³-hybridized carbons (Fsp3) is 0.526. The molecule has 1 amide bonds. The van der Waals surface area contributed by atoms with Crippen LogP contribution >= 0.6 is 0 Å². The van der Waals surface area contributed by atoms with Gasteiger partial charge in [0.15, 0.2) is 0 Å². The first-order chi connectivity index (χ1) is 11.8. The highest BCUT2D eigenvalue weighted by Gasteiger charge is 2.37. The second kappa shape index (κ2) is 8.14. The first-order valence-corrected chi connectivity index (χ1v) is 8.44. The Morgan fingerprint density at radius 1 is 1.24 bits per heavy atom. The quantitative estimate of drug-likeness (QED) is 0.618. The summed E-state index contributed by atoms with van der Waals surface area (Å²) in [5.41, 5.74) is 0.295. The van der Waals surface area contributed by atoms with E-state index < -0.39 is 29.5 Å². The lowest BCUT2D eigenvalue weighted by Crippen LogP contribution is -2.48. The molecule has 0 N–H and O–H groups in total. The summed E-state index contributed by atoms with van der Waals surface area (Å²) in [6.45, 7) is 6.08. The van der Waals surface area contributed by atoms with Crippen molar-refractivity contribution >= 4 is 18.3 Å².